The Kier molecular flexibility index (Phi) is 10.8. The number of ether oxygens (including phenoxy) is 1. The molecule has 0 radical (unpaired) electrons. The molecule has 8 heteroatoms. The van der Waals surface area contributed by atoms with Crippen LogP contribution in [0.3, 0.4) is 0 Å². The Labute approximate surface area is 179 Å². The van der Waals surface area contributed by atoms with Crippen LogP contribution >= 0.6 is 24.0 Å². The predicted molar refractivity (Wildman–Crippen MR) is 117 cm³/mol. The highest BCUT2D eigenvalue weighted by Crippen LogP contribution is 2.21. The van der Waals surface area contributed by atoms with Crippen LogP contribution in [0.5, 0.6) is 0 Å². The lowest BCUT2D eigenvalue weighted by Gasteiger charge is -2.35. The summed E-state index contributed by atoms with van der Waals surface area (Å²) in [6, 6.07) is 4.11. The largest absolute Gasteiger partial charge is 0.469 e. The molecule has 1 saturated heterocycles. The molecule has 7 nitrogen and oxygen atoms in total. The molecule has 2 rings (SSSR count). The lowest BCUT2D eigenvalue weighted by atomic mass is 9.97. The number of esters is 1. The number of furan rings is 1. The average molecular weight is 492 g/mol. The fraction of sp³-hybridized carbons (Fsp3) is 0.684. The molecule has 1 fully saturated rings. The third-order valence-electron chi connectivity index (χ3n) is 5.12. The molecule has 1 atom stereocenters. The van der Waals surface area contributed by atoms with Gasteiger partial charge in [0.1, 0.15) is 5.76 Å². The van der Waals surface area contributed by atoms with Gasteiger partial charge in [-0.3, -0.25) is 14.7 Å². The standard InChI is InChI=1S/C19H32N4O3.HI/c1-5-22(6-2)16(17-8-7-13-26-17)14-21-19(20-3)23-11-9-15(10-12-23)18(24)25-4;/h7-8,13,15-16H,5-6,9-12,14H2,1-4H3,(H,20,21);1H. The third-order valence-corrected chi connectivity index (χ3v) is 5.12. The van der Waals surface area contributed by atoms with Crippen molar-refractivity contribution in [3.8, 4) is 0 Å². The quantitative estimate of drug-likeness (QED) is 0.273. The van der Waals surface area contributed by atoms with Gasteiger partial charge in [-0.1, -0.05) is 13.8 Å². The van der Waals surface area contributed by atoms with Crippen LogP contribution in [0.25, 0.3) is 0 Å². The van der Waals surface area contributed by atoms with E-state index in [1.165, 1.54) is 7.11 Å². The molecule has 154 valence electrons. The van der Waals surface area contributed by atoms with Crippen LogP contribution in [-0.4, -0.2) is 68.6 Å². The van der Waals surface area contributed by atoms with E-state index in [4.69, 9.17) is 9.15 Å². The summed E-state index contributed by atoms with van der Waals surface area (Å²) in [6.07, 6.45) is 3.31. The summed E-state index contributed by atoms with van der Waals surface area (Å²) in [6.45, 7) is 8.54. The number of carbonyl (C=O) groups excluding carboxylic acids is 1. The molecule has 0 amide bonds. The molecular formula is C19H33IN4O3. The van der Waals surface area contributed by atoms with Crippen molar-refractivity contribution in [2.24, 2.45) is 10.9 Å². The molecule has 0 bridgehead atoms. The van der Waals surface area contributed by atoms with E-state index in [-0.39, 0.29) is 41.9 Å². The lowest BCUT2D eigenvalue weighted by molar-refractivity contribution is -0.146. The van der Waals surface area contributed by atoms with E-state index in [9.17, 15) is 4.79 Å². The number of likely N-dealkylation sites (tertiary alicyclic amines) is 1. The number of aliphatic imine (C=N–C) groups is 1. The van der Waals surface area contributed by atoms with Gasteiger partial charge in [-0.25, -0.2) is 0 Å². The summed E-state index contributed by atoms with van der Waals surface area (Å²) in [7, 11) is 3.26. The van der Waals surface area contributed by atoms with Gasteiger partial charge in [0.05, 0.1) is 25.3 Å². The van der Waals surface area contributed by atoms with Gasteiger partial charge in [-0.15, -0.1) is 24.0 Å². The van der Waals surface area contributed by atoms with Crippen LogP contribution < -0.4 is 5.32 Å². The van der Waals surface area contributed by atoms with E-state index >= 15 is 0 Å². The summed E-state index contributed by atoms with van der Waals surface area (Å²) >= 11 is 0. The van der Waals surface area contributed by atoms with E-state index in [0.717, 1.165) is 57.3 Å². The first-order valence-corrected chi connectivity index (χ1v) is 9.45. The van der Waals surface area contributed by atoms with Crippen molar-refractivity contribution in [3.63, 3.8) is 0 Å². The summed E-state index contributed by atoms with van der Waals surface area (Å²) in [5, 5.41) is 3.49. The van der Waals surface area contributed by atoms with Crippen LogP contribution in [0, 0.1) is 5.92 Å². The van der Waals surface area contributed by atoms with Gasteiger partial charge in [0.25, 0.3) is 0 Å². The Hall–Kier alpha value is -1.29. The average Bonchev–Trinajstić information content (AvgIpc) is 3.22. The molecule has 1 unspecified atom stereocenters. The van der Waals surface area contributed by atoms with Gasteiger partial charge in [-0.05, 0) is 38.1 Å². The minimum Gasteiger partial charge on any atom is -0.469 e. The number of carbonyl (C=O) groups is 1. The fourth-order valence-corrected chi connectivity index (χ4v) is 3.57. The molecule has 0 spiro atoms. The Bertz CT molecular complexity index is 568. The van der Waals surface area contributed by atoms with Crippen molar-refractivity contribution in [1.29, 1.82) is 0 Å². The number of rotatable bonds is 7. The van der Waals surface area contributed by atoms with E-state index in [1.807, 2.05) is 12.1 Å². The first-order valence-electron chi connectivity index (χ1n) is 9.45. The number of likely N-dealkylation sites (N-methyl/N-ethyl adjacent to an activating group) is 1. The maximum atomic E-state index is 11.7. The molecule has 27 heavy (non-hydrogen) atoms. The van der Waals surface area contributed by atoms with Gasteiger partial charge >= 0.3 is 5.97 Å². The molecule has 0 saturated carbocycles. The van der Waals surface area contributed by atoms with Crippen molar-refractivity contribution in [1.82, 2.24) is 15.1 Å². The highest BCUT2D eigenvalue weighted by molar-refractivity contribution is 14.0. The topological polar surface area (TPSA) is 70.3 Å². The van der Waals surface area contributed by atoms with Crippen LogP contribution in [-0.2, 0) is 9.53 Å². The number of nitrogens with one attached hydrogen (secondary N) is 1. The van der Waals surface area contributed by atoms with Crippen LogP contribution in [0.2, 0.25) is 0 Å². The fourth-order valence-electron chi connectivity index (χ4n) is 3.57. The van der Waals surface area contributed by atoms with Crippen molar-refractivity contribution < 1.29 is 13.9 Å². The zero-order valence-corrected chi connectivity index (χ0v) is 19.1. The summed E-state index contributed by atoms with van der Waals surface area (Å²) in [4.78, 5) is 20.7. The number of hydrogen-bond acceptors (Lipinski definition) is 5. The van der Waals surface area contributed by atoms with E-state index in [1.54, 1.807) is 13.3 Å². The highest BCUT2D eigenvalue weighted by atomic mass is 127. The Morgan fingerprint density at radius 2 is 2.07 bits per heavy atom. The monoisotopic (exact) mass is 492 g/mol. The number of methoxy groups -OCH3 is 1. The van der Waals surface area contributed by atoms with E-state index in [2.05, 4.69) is 34.0 Å². The predicted octanol–water partition coefficient (Wildman–Crippen LogP) is 2.74. The smallest absolute Gasteiger partial charge is 0.308 e. The van der Waals surface area contributed by atoms with Crippen molar-refractivity contribution in [2.75, 3.05) is 46.9 Å². The van der Waals surface area contributed by atoms with Gasteiger partial charge in [0.15, 0.2) is 5.96 Å². The SMILES string of the molecule is CCN(CC)C(CNC(=NC)N1CCC(C(=O)OC)CC1)c1ccco1.I. The summed E-state index contributed by atoms with van der Waals surface area (Å²) < 4.78 is 10.5. The number of hydrogen-bond donors (Lipinski definition) is 1. The second kappa shape index (κ2) is 12.2. The molecular weight excluding hydrogens is 459 g/mol. The summed E-state index contributed by atoms with van der Waals surface area (Å²) in [5.41, 5.74) is 0. The molecule has 0 aromatic carbocycles. The molecule has 1 aliphatic heterocycles. The molecule has 2 heterocycles. The number of piperidine rings is 1. The van der Waals surface area contributed by atoms with Gasteiger partial charge in [-0.2, -0.15) is 0 Å². The minimum atomic E-state index is -0.105. The lowest BCUT2D eigenvalue weighted by Crippen LogP contribution is -2.48. The number of nitrogens with zero attached hydrogens (tertiary/aromatic N) is 3. The van der Waals surface area contributed by atoms with Crippen LogP contribution in [0.1, 0.15) is 38.5 Å². The Morgan fingerprint density at radius 3 is 2.56 bits per heavy atom. The molecule has 1 N–H and O–H groups in total. The molecule has 0 aliphatic carbocycles. The van der Waals surface area contributed by atoms with Crippen LogP contribution in [0.15, 0.2) is 27.8 Å². The minimum absolute atomic E-state index is 0. The van der Waals surface area contributed by atoms with Gasteiger partial charge < -0.3 is 19.4 Å². The zero-order valence-electron chi connectivity index (χ0n) is 16.8. The number of halogens is 1. The zero-order chi connectivity index (χ0) is 18.9. The van der Waals surface area contributed by atoms with E-state index in [0.29, 0.717) is 0 Å². The van der Waals surface area contributed by atoms with E-state index < -0.39 is 0 Å². The summed E-state index contributed by atoms with van der Waals surface area (Å²) in [5.74, 6) is 1.73. The van der Waals surface area contributed by atoms with Crippen molar-refractivity contribution in [2.45, 2.75) is 32.7 Å². The van der Waals surface area contributed by atoms with Crippen molar-refractivity contribution in [3.05, 3.63) is 24.2 Å². The third kappa shape index (κ3) is 6.38. The maximum Gasteiger partial charge on any atom is 0.308 e. The molecule has 1 aromatic heterocycles. The van der Waals surface area contributed by atoms with Gasteiger partial charge in [0, 0.05) is 26.7 Å². The van der Waals surface area contributed by atoms with Gasteiger partial charge in [0.2, 0.25) is 0 Å². The normalized spacial score (nSPS) is 16.8. The Morgan fingerprint density at radius 1 is 1.41 bits per heavy atom. The first-order chi connectivity index (χ1) is 12.6. The van der Waals surface area contributed by atoms with Crippen LogP contribution in [0.4, 0.5) is 0 Å². The highest BCUT2D eigenvalue weighted by Gasteiger charge is 2.28. The second-order valence-electron chi connectivity index (χ2n) is 6.47. The maximum absolute atomic E-state index is 11.7. The second-order valence-corrected chi connectivity index (χ2v) is 6.47. The molecule has 1 aromatic rings. The number of guanidine groups is 1. The Balaban J connectivity index is 0.00000364. The first kappa shape index (κ1) is 23.7. The van der Waals surface area contributed by atoms with Crippen molar-refractivity contribution >= 4 is 35.9 Å². The molecule has 1 aliphatic rings.